The predicted octanol–water partition coefficient (Wildman–Crippen LogP) is 5.50. The highest BCUT2D eigenvalue weighted by atomic mass is 16.7. The van der Waals surface area contributed by atoms with Gasteiger partial charge in [-0.05, 0) is 60.1 Å². The smallest absolute Gasteiger partial charge is 0.398 e. The first kappa shape index (κ1) is 19.3. The number of hydrogen-bond donors (Lipinski definition) is 0. The van der Waals surface area contributed by atoms with Gasteiger partial charge >= 0.3 is 7.12 Å². The lowest BCUT2D eigenvalue weighted by molar-refractivity contribution is 0.00578. The molecule has 0 spiro atoms. The van der Waals surface area contributed by atoms with Crippen molar-refractivity contribution in [1.82, 2.24) is 4.57 Å². The van der Waals surface area contributed by atoms with E-state index in [0.29, 0.717) is 0 Å². The number of hydrogen-bond acceptors (Lipinski definition) is 2. The molecule has 1 aliphatic heterocycles. The highest BCUT2D eigenvalue weighted by molar-refractivity contribution is 6.64. The number of aromatic nitrogens is 1. The molecule has 4 rings (SSSR count). The van der Waals surface area contributed by atoms with Crippen molar-refractivity contribution >= 4 is 23.6 Å². The quantitative estimate of drug-likeness (QED) is 0.565. The number of rotatable bonds is 3. The third-order valence-corrected chi connectivity index (χ3v) is 6.28. The molecule has 0 saturated carbocycles. The van der Waals surface area contributed by atoms with Crippen LogP contribution in [0.1, 0.15) is 53.1 Å². The maximum absolute atomic E-state index is 6.51. The summed E-state index contributed by atoms with van der Waals surface area (Å²) in [5, 5.41) is 1.24. The number of fused-ring (bicyclic) bond motifs is 1. The Morgan fingerprint density at radius 2 is 1.43 bits per heavy atom. The highest BCUT2D eigenvalue weighted by Gasteiger charge is 2.53. The molecule has 1 aliphatic rings. The van der Waals surface area contributed by atoms with Crippen LogP contribution in [-0.4, -0.2) is 22.9 Å². The van der Waals surface area contributed by atoms with Crippen LogP contribution in [0, 0.1) is 6.92 Å². The maximum atomic E-state index is 6.51. The summed E-state index contributed by atoms with van der Waals surface area (Å²) in [5.41, 5.74) is 5.25. The zero-order valence-electron chi connectivity index (χ0n) is 18.0. The van der Waals surface area contributed by atoms with Gasteiger partial charge in [-0.25, -0.2) is 0 Å². The highest BCUT2D eigenvalue weighted by Crippen LogP contribution is 2.39. The van der Waals surface area contributed by atoms with E-state index < -0.39 is 7.12 Å². The number of nitrogens with zero attached hydrogens (tertiary/aromatic N) is 1. The summed E-state index contributed by atoms with van der Waals surface area (Å²) in [6, 6.07) is 17.7. The normalized spacial score (nSPS) is 18.4. The minimum Gasteiger partial charge on any atom is -0.398 e. The fraction of sp³-hybridized carbons (Fsp3) is 0.417. The third kappa shape index (κ3) is 2.90. The summed E-state index contributed by atoms with van der Waals surface area (Å²) in [6.45, 7) is 15.0. The van der Waals surface area contributed by atoms with Crippen molar-refractivity contribution in [2.45, 2.75) is 65.7 Å². The Labute approximate surface area is 168 Å². The van der Waals surface area contributed by atoms with Crippen molar-refractivity contribution in [2.75, 3.05) is 0 Å². The molecule has 0 unspecified atom stereocenters. The van der Waals surface area contributed by atoms with Gasteiger partial charge in [0.25, 0.3) is 0 Å². The van der Waals surface area contributed by atoms with E-state index in [9.17, 15) is 0 Å². The zero-order valence-corrected chi connectivity index (χ0v) is 18.0. The van der Waals surface area contributed by atoms with Crippen molar-refractivity contribution in [3.8, 4) is 11.1 Å². The van der Waals surface area contributed by atoms with E-state index in [1.807, 2.05) is 0 Å². The van der Waals surface area contributed by atoms with Crippen LogP contribution in [0.2, 0.25) is 0 Å². The number of para-hydroxylation sites is 1. The first-order valence-corrected chi connectivity index (χ1v) is 10.2. The molecule has 3 aromatic rings. The van der Waals surface area contributed by atoms with Crippen molar-refractivity contribution < 1.29 is 9.31 Å². The molecular weight excluding hydrogens is 345 g/mol. The Balaban J connectivity index is 2.03. The fourth-order valence-corrected chi connectivity index (χ4v) is 4.05. The maximum Gasteiger partial charge on any atom is 0.513 e. The molecule has 3 nitrogen and oxygen atoms in total. The van der Waals surface area contributed by atoms with Crippen molar-refractivity contribution in [1.29, 1.82) is 0 Å². The van der Waals surface area contributed by atoms with Gasteiger partial charge in [-0.1, -0.05) is 48.0 Å². The molecular formula is C24H30BNO2. The molecule has 0 N–H and O–H groups in total. The molecule has 1 aromatic heterocycles. The summed E-state index contributed by atoms with van der Waals surface area (Å²) < 4.78 is 15.4. The van der Waals surface area contributed by atoms with E-state index >= 15 is 0 Å². The molecule has 1 fully saturated rings. The first-order chi connectivity index (χ1) is 13.1. The van der Waals surface area contributed by atoms with Crippen LogP contribution in [-0.2, 0) is 9.31 Å². The Hall–Kier alpha value is -2.04. The van der Waals surface area contributed by atoms with Gasteiger partial charge in [-0.2, -0.15) is 0 Å². The molecule has 0 amide bonds. The van der Waals surface area contributed by atoms with Crippen LogP contribution in [0.4, 0.5) is 0 Å². The van der Waals surface area contributed by atoms with Gasteiger partial charge in [0.1, 0.15) is 0 Å². The summed E-state index contributed by atoms with van der Waals surface area (Å²) in [6.07, 6.45) is 0. The molecule has 0 atom stereocenters. The van der Waals surface area contributed by atoms with Crippen LogP contribution < -0.4 is 5.59 Å². The summed E-state index contributed by atoms with van der Waals surface area (Å²) in [5.74, 6) is 0. The van der Waals surface area contributed by atoms with Gasteiger partial charge in [0.05, 0.1) is 16.8 Å². The second-order valence-corrected chi connectivity index (χ2v) is 9.20. The van der Waals surface area contributed by atoms with Crippen molar-refractivity contribution in [2.24, 2.45) is 0 Å². The average Bonchev–Trinajstić information content (AvgIpc) is 3.07. The van der Waals surface area contributed by atoms with E-state index in [-0.39, 0.29) is 17.2 Å². The van der Waals surface area contributed by atoms with Gasteiger partial charge < -0.3 is 13.9 Å². The average molecular weight is 375 g/mol. The van der Waals surface area contributed by atoms with E-state index in [4.69, 9.17) is 9.31 Å². The SMILES string of the molecule is Cc1ccc(-c2c(B3OC(C)(C)C(C)(C)O3)n(C(C)C)c3ccccc23)cc1. The molecule has 2 aromatic carbocycles. The van der Waals surface area contributed by atoms with Crippen LogP contribution in [0.15, 0.2) is 48.5 Å². The minimum atomic E-state index is -0.406. The number of aryl methyl sites for hydroxylation is 1. The van der Waals surface area contributed by atoms with Crippen LogP contribution in [0.3, 0.4) is 0 Å². The first-order valence-electron chi connectivity index (χ1n) is 10.2. The molecule has 2 heterocycles. The van der Waals surface area contributed by atoms with E-state index in [0.717, 1.165) is 5.59 Å². The molecule has 1 saturated heterocycles. The van der Waals surface area contributed by atoms with E-state index in [1.165, 1.54) is 27.6 Å². The molecule has 146 valence electrons. The van der Waals surface area contributed by atoms with Gasteiger partial charge in [0.2, 0.25) is 0 Å². The second kappa shape index (κ2) is 6.50. The summed E-state index contributed by atoms with van der Waals surface area (Å²) >= 11 is 0. The third-order valence-electron chi connectivity index (χ3n) is 6.28. The van der Waals surface area contributed by atoms with Gasteiger partial charge in [-0.15, -0.1) is 0 Å². The van der Waals surface area contributed by atoms with Crippen LogP contribution >= 0.6 is 0 Å². The summed E-state index contributed by atoms with van der Waals surface area (Å²) in [7, 11) is -0.406. The van der Waals surface area contributed by atoms with E-state index in [2.05, 4.69) is 102 Å². The lowest BCUT2D eigenvalue weighted by Crippen LogP contribution is -2.41. The monoisotopic (exact) mass is 375 g/mol. The molecule has 0 aliphatic carbocycles. The molecule has 0 radical (unpaired) electrons. The largest absolute Gasteiger partial charge is 0.513 e. The van der Waals surface area contributed by atoms with E-state index in [1.54, 1.807) is 0 Å². The van der Waals surface area contributed by atoms with Crippen LogP contribution in [0.5, 0.6) is 0 Å². The lowest BCUT2D eigenvalue weighted by atomic mass is 9.79. The van der Waals surface area contributed by atoms with Crippen LogP contribution in [0.25, 0.3) is 22.0 Å². The van der Waals surface area contributed by atoms with Crippen molar-refractivity contribution in [3.05, 3.63) is 54.1 Å². The molecule has 28 heavy (non-hydrogen) atoms. The molecule has 0 bridgehead atoms. The minimum absolute atomic E-state index is 0.290. The Kier molecular flexibility index (Phi) is 4.48. The molecule has 4 heteroatoms. The van der Waals surface area contributed by atoms with Gasteiger partial charge in [0, 0.05) is 22.5 Å². The predicted molar refractivity (Wildman–Crippen MR) is 118 cm³/mol. The van der Waals surface area contributed by atoms with Gasteiger partial charge in [0.15, 0.2) is 0 Å². The topological polar surface area (TPSA) is 23.4 Å². The summed E-state index contributed by atoms with van der Waals surface area (Å²) in [4.78, 5) is 0. The van der Waals surface area contributed by atoms with Gasteiger partial charge in [-0.3, -0.25) is 0 Å². The standard InChI is InChI=1S/C24H30BNO2/c1-16(2)26-20-11-9-8-10-19(20)21(18-14-12-17(3)13-15-18)22(26)25-27-23(4,5)24(6,7)28-25/h8-16H,1-7H3. The Bertz CT molecular complexity index is 999. The second-order valence-electron chi connectivity index (χ2n) is 9.20. The fourth-order valence-electron chi connectivity index (χ4n) is 4.05. The Morgan fingerprint density at radius 3 is 2.00 bits per heavy atom. The lowest BCUT2D eigenvalue weighted by Gasteiger charge is -2.32. The Morgan fingerprint density at radius 1 is 0.857 bits per heavy atom. The van der Waals surface area contributed by atoms with Crippen molar-refractivity contribution in [3.63, 3.8) is 0 Å². The zero-order chi connectivity index (χ0) is 20.3. The number of benzene rings is 2.